The van der Waals surface area contributed by atoms with Crippen LogP contribution in [0.3, 0.4) is 0 Å². The molecule has 2 amide bonds. The van der Waals surface area contributed by atoms with Crippen LogP contribution in [0, 0.1) is 12.7 Å². The predicted molar refractivity (Wildman–Crippen MR) is 85.3 cm³/mol. The van der Waals surface area contributed by atoms with Crippen molar-refractivity contribution in [2.24, 2.45) is 0 Å². The fourth-order valence-corrected chi connectivity index (χ4v) is 2.80. The van der Waals surface area contributed by atoms with Crippen molar-refractivity contribution in [1.82, 2.24) is 20.0 Å². The number of carbonyl (C=O) groups is 2. The van der Waals surface area contributed by atoms with E-state index in [0.29, 0.717) is 13.1 Å². The molecular formula is C17H19FN4O2. The summed E-state index contributed by atoms with van der Waals surface area (Å²) >= 11 is 0. The number of amides is 2. The van der Waals surface area contributed by atoms with Crippen molar-refractivity contribution in [3.63, 3.8) is 0 Å². The van der Waals surface area contributed by atoms with E-state index in [4.69, 9.17) is 0 Å². The van der Waals surface area contributed by atoms with E-state index in [1.165, 1.54) is 12.1 Å². The highest BCUT2D eigenvalue weighted by Gasteiger charge is 2.30. The number of likely N-dealkylation sites (tertiary alicyclic amines) is 1. The first-order chi connectivity index (χ1) is 11.5. The van der Waals surface area contributed by atoms with E-state index in [1.54, 1.807) is 27.9 Å². The van der Waals surface area contributed by atoms with Gasteiger partial charge in [0.15, 0.2) is 0 Å². The van der Waals surface area contributed by atoms with Gasteiger partial charge in [0.1, 0.15) is 12.4 Å². The molecule has 1 aromatic carbocycles. The van der Waals surface area contributed by atoms with E-state index in [-0.39, 0.29) is 36.6 Å². The lowest BCUT2D eigenvalue weighted by Gasteiger charge is -2.17. The highest BCUT2D eigenvalue weighted by Crippen LogP contribution is 2.15. The molecule has 1 aromatic heterocycles. The molecule has 0 aliphatic carbocycles. The maximum atomic E-state index is 12.9. The summed E-state index contributed by atoms with van der Waals surface area (Å²) in [6.07, 6.45) is 2.03. The van der Waals surface area contributed by atoms with Gasteiger partial charge in [-0.1, -0.05) is 12.1 Å². The van der Waals surface area contributed by atoms with Gasteiger partial charge in [-0.2, -0.15) is 5.10 Å². The van der Waals surface area contributed by atoms with Crippen LogP contribution in [0.1, 0.15) is 17.7 Å². The largest absolute Gasteiger partial charge is 0.349 e. The Morgan fingerprint density at radius 1 is 1.33 bits per heavy atom. The third kappa shape index (κ3) is 3.98. The summed E-state index contributed by atoms with van der Waals surface area (Å²) in [5.41, 5.74) is 1.72. The van der Waals surface area contributed by atoms with Crippen LogP contribution >= 0.6 is 0 Å². The van der Waals surface area contributed by atoms with E-state index >= 15 is 0 Å². The maximum absolute atomic E-state index is 12.9. The van der Waals surface area contributed by atoms with Gasteiger partial charge in [0.25, 0.3) is 0 Å². The molecule has 2 heterocycles. The molecule has 7 heteroatoms. The summed E-state index contributed by atoms with van der Waals surface area (Å²) < 4.78 is 14.5. The number of halogens is 1. The molecule has 0 radical (unpaired) electrons. The van der Waals surface area contributed by atoms with Crippen molar-refractivity contribution in [2.45, 2.75) is 32.5 Å². The third-order valence-electron chi connectivity index (χ3n) is 3.95. The maximum Gasteiger partial charge on any atom is 0.242 e. The van der Waals surface area contributed by atoms with Crippen LogP contribution in [0.25, 0.3) is 0 Å². The molecule has 3 rings (SSSR count). The Morgan fingerprint density at radius 2 is 2.08 bits per heavy atom. The Morgan fingerprint density at radius 3 is 2.75 bits per heavy atom. The van der Waals surface area contributed by atoms with Gasteiger partial charge in [0, 0.05) is 25.7 Å². The van der Waals surface area contributed by atoms with Gasteiger partial charge in [0.05, 0.1) is 11.7 Å². The number of aromatic nitrogens is 2. The highest BCUT2D eigenvalue weighted by atomic mass is 19.1. The van der Waals surface area contributed by atoms with Crippen LogP contribution in [0.2, 0.25) is 0 Å². The lowest BCUT2D eigenvalue weighted by molar-refractivity contribution is -0.128. The second-order valence-electron chi connectivity index (χ2n) is 6.02. The Bertz CT molecular complexity index is 741. The summed E-state index contributed by atoms with van der Waals surface area (Å²) in [6.45, 7) is 2.87. The van der Waals surface area contributed by atoms with Crippen LogP contribution in [-0.4, -0.2) is 39.1 Å². The molecule has 24 heavy (non-hydrogen) atoms. The Labute approximate surface area is 139 Å². The molecule has 1 N–H and O–H groups in total. The molecule has 1 aliphatic heterocycles. The Hall–Kier alpha value is -2.70. The number of benzene rings is 1. The van der Waals surface area contributed by atoms with Crippen LogP contribution in [0.15, 0.2) is 36.5 Å². The van der Waals surface area contributed by atoms with Crippen LogP contribution in [0.5, 0.6) is 0 Å². The minimum atomic E-state index is -0.300. The third-order valence-corrected chi connectivity index (χ3v) is 3.95. The fourth-order valence-electron chi connectivity index (χ4n) is 2.80. The summed E-state index contributed by atoms with van der Waals surface area (Å²) in [5.74, 6) is -0.482. The topological polar surface area (TPSA) is 67.2 Å². The SMILES string of the molecule is Cc1ccn(CC(=O)N[C@@H]2CC(=O)N(Cc3ccc(F)cc3)C2)n1. The molecular weight excluding hydrogens is 311 g/mol. The molecule has 6 nitrogen and oxygen atoms in total. The normalized spacial score (nSPS) is 17.3. The zero-order chi connectivity index (χ0) is 17.1. The quantitative estimate of drug-likeness (QED) is 0.897. The van der Waals surface area contributed by atoms with Crippen LogP contribution in [-0.2, 0) is 22.7 Å². The van der Waals surface area contributed by atoms with Crippen molar-refractivity contribution in [3.05, 3.63) is 53.6 Å². The highest BCUT2D eigenvalue weighted by molar-refractivity contribution is 5.82. The number of nitrogens with zero attached hydrogens (tertiary/aromatic N) is 3. The predicted octanol–water partition coefficient (Wildman–Crippen LogP) is 1.25. The first kappa shape index (κ1) is 16.2. The van der Waals surface area contributed by atoms with Crippen molar-refractivity contribution in [3.8, 4) is 0 Å². The molecule has 126 valence electrons. The van der Waals surface area contributed by atoms with Gasteiger partial charge in [-0.3, -0.25) is 14.3 Å². The lowest BCUT2D eigenvalue weighted by Crippen LogP contribution is -2.38. The first-order valence-corrected chi connectivity index (χ1v) is 7.81. The summed E-state index contributed by atoms with van der Waals surface area (Å²) in [7, 11) is 0. The molecule has 0 unspecified atom stereocenters. The molecule has 0 spiro atoms. The molecule has 1 fully saturated rings. The van der Waals surface area contributed by atoms with Gasteiger partial charge in [-0.25, -0.2) is 4.39 Å². The molecule has 2 aromatic rings. The Kier molecular flexibility index (Phi) is 4.59. The van der Waals surface area contributed by atoms with E-state index in [9.17, 15) is 14.0 Å². The number of nitrogens with one attached hydrogen (secondary N) is 1. The Balaban J connectivity index is 1.52. The average Bonchev–Trinajstić information content (AvgIpc) is 3.07. The molecule has 1 aliphatic rings. The minimum absolute atomic E-state index is 0.0143. The smallest absolute Gasteiger partial charge is 0.242 e. The van der Waals surface area contributed by atoms with Crippen molar-refractivity contribution in [2.75, 3.05) is 6.54 Å². The van der Waals surface area contributed by atoms with Crippen molar-refractivity contribution < 1.29 is 14.0 Å². The summed E-state index contributed by atoms with van der Waals surface area (Å²) in [5, 5.41) is 7.04. The zero-order valence-corrected chi connectivity index (χ0v) is 13.4. The fraction of sp³-hybridized carbons (Fsp3) is 0.353. The van der Waals surface area contributed by atoms with E-state index < -0.39 is 0 Å². The molecule has 0 saturated carbocycles. The van der Waals surface area contributed by atoms with E-state index in [0.717, 1.165) is 11.3 Å². The van der Waals surface area contributed by atoms with Gasteiger partial charge < -0.3 is 10.2 Å². The molecule has 1 atom stereocenters. The van der Waals surface area contributed by atoms with Gasteiger partial charge in [-0.05, 0) is 30.7 Å². The lowest BCUT2D eigenvalue weighted by atomic mass is 10.2. The zero-order valence-electron chi connectivity index (χ0n) is 13.4. The molecule has 1 saturated heterocycles. The van der Waals surface area contributed by atoms with E-state index in [2.05, 4.69) is 10.4 Å². The van der Waals surface area contributed by atoms with Gasteiger partial charge in [-0.15, -0.1) is 0 Å². The summed E-state index contributed by atoms with van der Waals surface area (Å²) in [6, 6.07) is 7.70. The average molecular weight is 330 g/mol. The number of aryl methyl sites for hydroxylation is 1. The molecule has 0 bridgehead atoms. The van der Waals surface area contributed by atoms with Gasteiger partial charge in [0.2, 0.25) is 11.8 Å². The standard InChI is InChI=1S/C17H19FN4O2/c1-12-6-7-22(20-12)11-16(23)19-15-8-17(24)21(10-15)9-13-2-4-14(18)5-3-13/h2-7,15H,8-11H2,1H3,(H,19,23)/t15-/m1/s1. The van der Waals surface area contributed by atoms with Crippen LogP contribution in [0.4, 0.5) is 4.39 Å². The van der Waals surface area contributed by atoms with Crippen molar-refractivity contribution >= 4 is 11.8 Å². The number of hydrogen-bond donors (Lipinski definition) is 1. The summed E-state index contributed by atoms with van der Waals surface area (Å²) in [4.78, 5) is 25.8. The number of rotatable bonds is 5. The van der Waals surface area contributed by atoms with Gasteiger partial charge >= 0.3 is 0 Å². The number of carbonyl (C=O) groups excluding carboxylic acids is 2. The first-order valence-electron chi connectivity index (χ1n) is 7.81. The minimum Gasteiger partial charge on any atom is -0.349 e. The van der Waals surface area contributed by atoms with Crippen LogP contribution < -0.4 is 5.32 Å². The second kappa shape index (κ2) is 6.82. The monoisotopic (exact) mass is 330 g/mol. The van der Waals surface area contributed by atoms with E-state index in [1.807, 2.05) is 13.0 Å². The van der Waals surface area contributed by atoms with Crippen molar-refractivity contribution in [1.29, 1.82) is 0 Å². The number of hydrogen-bond acceptors (Lipinski definition) is 3. The second-order valence-corrected chi connectivity index (χ2v) is 6.02.